The van der Waals surface area contributed by atoms with Crippen LogP contribution in [0.25, 0.3) is 0 Å². The zero-order chi connectivity index (χ0) is 13.2. The molecule has 0 bridgehead atoms. The van der Waals surface area contributed by atoms with E-state index in [1.807, 2.05) is 0 Å². The van der Waals surface area contributed by atoms with Crippen LogP contribution in [0.3, 0.4) is 0 Å². The van der Waals surface area contributed by atoms with Crippen molar-refractivity contribution in [3.05, 3.63) is 34.6 Å². The smallest absolute Gasteiger partial charge is 0.200 e. The first-order valence-corrected chi connectivity index (χ1v) is 4.23. The molecule has 2 nitrogen and oxygen atoms in total. The number of nitriles is 2. The molecule has 7 heteroatoms. The Morgan fingerprint density at radius 2 is 1.12 bits per heavy atom. The molecule has 0 saturated carbocycles. The molecular weight excluding hydrogens is 243 g/mol. The lowest BCUT2D eigenvalue weighted by molar-refractivity contribution is 0.368. The summed E-state index contributed by atoms with van der Waals surface area (Å²) in [7, 11) is 0. The first-order chi connectivity index (χ1) is 7.93. The van der Waals surface area contributed by atoms with E-state index in [-0.39, 0.29) is 0 Å². The number of hydrogen-bond donors (Lipinski definition) is 0. The van der Waals surface area contributed by atoms with Crippen LogP contribution in [0.2, 0.25) is 0 Å². The molecule has 0 fully saturated rings. The van der Waals surface area contributed by atoms with Gasteiger partial charge in [0.15, 0.2) is 23.3 Å². The van der Waals surface area contributed by atoms with Crippen LogP contribution in [0.5, 0.6) is 0 Å². The highest BCUT2D eigenvalue weighted by Gasteiger charge is 2.27. The molecule has 0 radical (unpaired) electrons. The predicted octanol–water partition coefficient (Wildman–Crippen LogP) is 2.59. The summed E-state index contributed by atoms with van der Waals surface area (Å²) in [4.78, 5) is 0. The topological polar surface area (TPSA) is 47.6 Å². The molecule has 1 aromatic carbocycles. The van der Waals surface area contributed by atoms with Gasteiger partial charge in [0.1, 0.15) is 5.92 Å². The van der Waals surface area contributed by atoms with E-state index < -0.39 is 47.0 Å². The van der Waals surface area contributed by atoms with Crippen LogP contribution in [0.4, 0.5) is 22.0 Å². The molecule has 88 valence electrons. The molecule has 0 spiro atoms. The van der Waals surface area contributed by atoms with Crippen molar-refractivity contribution < 1.29 is 22.0 Å². The minimum atomic E-state index is -2.27. The Balaban J connectivity index is 3.37. The summed E-state index contributed by atoms with van der Waals surface area (Å²) in [5.41, 5.74) is -1.16. The Labute approximate surface area is 92.5 Å². The van der Waals surface area contributed by atoms with Crippen molar-refractivity contribution in [2.45, 2.75) is 6.42 Å². The first-order valence-electron chi connectivity index (χ1n) is 4.23. The molecule has 0 saturated heterocycles. The van der Waals surface area contributed by atoms with E-state index in [0.717, 1.165) is 0 Å². The minimum Gasteiger partial charge on any atom is -0.203 e. The van der Waals surface area contributed by atoms with E-state index in [9.17, 15) is 22.0 Å². The van der Waals surface area contributed by atoms with Gasteiger partial charge in [-0.25, -0.2) is 22.0 Å². The summed E-state index contributed by atoms with van der Waals surface area (Å²) < 4.78 is 64.3. The third kappa shape index (κ3) is 2.18. The SMILES string of the molecule is N#CC(C#N)Cc1c(F)c(F)c(F)c(F)c1F. The van der Waals surface area contributed by atoms with Gasteiger partial charge in [-0.05, 0) is 0 Å². The molecule has 0 N–H and O–H groups in total. The number of halogens is 5. The maximum atomic E-state index is 13.1. The molecule has 17 heavy (non-hydrogen) atoms. The van der Waals surface area contributed by atoms with Gasteiger partial charge in [-0.1, -0.05) is 0 Å². The molecule has 0 heterocycles. The van der Waals surface area contributed by atoms with Crippen LogP contribution < -0.4 is 0 Å². The zero-order valence-electron chi connectivity index (χ0n) is 8.07. The highest BCUT2D eigenvalue weighted by molar-refractivity contribution is 5.26. The summed E-state index contributed by atoms with van der Waals surface area (Å²) in [6, 6.07) is 2.75. The van der Waals surface area contributed by atoms with Crippen molar-refractivity contribution in [3.8, 4) is 12.1 Å². The van der Waals surface area contributed by atoms with Gasteiger partial charge >= 0.3 is 0 Å². The van der Waals surface area contributed by atoms with E-state index in [2.05, 4.69) is 0 Å². The molecule has 1 aromatic rings. The maximum Gasteiger partial charge on any atom is 0.200 e. The van der Waals surface area contributed by atoms with Crippen LogP contribution in [0, 0.1) is 57.7 Å². The fourth-order valence-electron chi connectivity index (χ4n) is 1.15. The van der Waals surface area contributed by atoms with Gasteiger partial charge in [0.25, 0.3) is 0 Å². The van der Waals surface area contributed by atoms with Crippen molar-refractivity contribution in [1.29, 1.82) is 10.5 Å². The maximum absolute atomic E-state index is 13.1. The van der Waals surface area contributed by atoms with Crippen LogP contribution in [-0.2, 0) is 6.42 Å². The van der Waals surface area contributed by atoms with Crippen LogP contribution in [0.15, 0.2) is 0 Å². The number of benzene rings is 1. The third-order valence-corrected chi connectivity index (χ3v) is 2.02. The van der Waals surface area contributed by atoms with Crippen molar-refractivity contribution in [2.75, 3.05) is 0 Å². The second-order valence-corrected chi connectivity index (χ2v) is 3.06. The fraction of sp³-hybridized carbons (Fsp3) is 0.200. The number of nitrogens with zero attached hydrogens (tertiary/aromatic N) is 2. The van der Waals surface area contributed by atoms with Gasteiger partial charge in [-0.2, -0.15) is 10.5 Å². The zero-order valence-corrected chi connectivity index (χ0v) is 8.07. The molecule has 0 atom stereocenters. The molecule has 0 amide bonds. The van der Waals surface area contributed by atoms with Gasteiger partial charge in [0, 0.05) is 12.0 Å². The fourth-order valence-corrected chi connectivity index (χ4v) is 1.15. The van der Waals surface area contributed by atoms with Gasteiger partial charge in [0.05, 0.1) is 12.1 Å². The standard InChI is InChI=1S/C10H3F5N2/c11-6-5(1-4(2-16)3-17)7(12)9(14)10(15)8(6)13/h4H,1H2. The Kier molecular flexibility index (Phi) is 3.64. The number of rotatable bonds is 2. The Bertz CT molecular complexity index is 498. The van der Waals surface area contributed by atoms with Gasteiger partial charge in [-0.3, -0.25) is 0 Å². The third-order valence-electron chi connectivity index (χ3n) is 2.02. The summed E-state index contributed by atoms with van der Waals surface area (Å²) in [5.74, 6) is -12.0. The Hall–Kier alpha value is -2.15. The first kappa shape index (κ1) is 12.9. The lowest BCUT2D eigenvalue weighted by atomic mass is 10.0. The average Bonchev–Trinajstić information content (AvgIpc) is 2.34. The minimum absolute atomic E-state index is 0.862. The Morgan fingerprint density at radius 3 is 1.47 bits per heavy atom. The normalized spacial score (nSPS) is 10.1. The van der Waals surface area contributed by atoms with E-state index in [0.29, 0.717) is 0 Å². The van der Waals surface area contributed by atoms with Gasteiger partial charge < -0.3 is 0 Å². The molecule has 0 aliphatic rings. The van der Waals surface area contributed by atoms with E-state index in [1.165, 1.54) is 12.1 Å². The molecule has 1 rings (SSSR count). The van der Waals surface area contributed by atoms with Crippen LogP contribution in [-0.4, -0.2) is 0 Å². The van der Waals surface area contributed by atoms with Crippen molar-refractivity contribution in [1.82, 2.24) is 0 Å². The number of hydrogen-bond acceptors (Lipinski definition) is 2. The quantitative estimate of drug-likeness (QED) is 0.457. The summed E-state index contributed by atoms with van der Waals surface area (Å²) >= 11 is 0. The van der Waals surface area contributed by atoms with Gasteiger partial charge in [-0.15, -0.1) is 0 Å². The second-order valence-electron chi connectivity index (χ2n) is 3.06. The average molecular weight is 246 g/mol. The Morgan fingerprint density at radius 1 is 0.765 bits per heavy atom. The van der Waals surface area contributed by atoms with Gasteiger partial charge in [0.2, 0.25) is 5.82 Å². The highest BCUT2D eigenvalue weighted by atomic mass is 19.2. The van der Waals surface area contributed by atoms with E-state index in [1.54, 1.807) is 0 Å². The molecule has 0 aromatic heterocycles. The highest BCUT2D eigenvalue weighted by Crippen LogP contribution is 2.24. The van der Waals surface area contributed by atoms with Crippen molar-refractivity contribution in [3.63, 3.8) is 0 Å². The lowest BCUT2D eigenvalue weighted by Crippen LogP contribution is -2.10. The second kappa shape index (κ2) is 4.79. The summed E-state index contributed by atoms with van der Waals surface area (Å²) in [6.45, 7) is 0. The molecular formula is C10H3F5N2. The van der Waals surface area contributed by atoms with Crippen molar-refractivity contribution >= 4 is 0 Å². The summed E-state index contributed by atoms with van der Waals surface area (Å²) in [6.07, 6.45) is -0.862. The molecule has 0 unspecified atom stereocenters. The molecule has 0 aliphatic carbocycles. The monoisotopic (exact) mass is 246 g/mol. The predicted molar refractivity (Wildman–Crippen MR) is 44.7 cm³/mol. The van der Waals surface area contributed by atoms with Crippen LogP contribution in [0.1, 0.15) is 5.56 Å². The lowest BCUT2D eigenvalue weighted by Gasteiger charge is -2.07. The molecule has 0 aliphatic heterocycles. The van der Waals surface area contributed by atoms with Crippen LogP contribution >= 0.6 is 0 Å². The van der Waals surface area contributed by atoms with E-state index in [4.69, 9.17) is 10.5 Å². The van der Waals surface area contributed by atoms with Crippen molar-refractivity contribution in [2.24, 2.45) is 5.92 Å². The summed E-state index contributed by atoms with van der Waals surface area (Å²) in [5, 5.41) is 16.8. The largest absolute Gasteiger partial charge is 0.203 e. The van der Waals surface area contributed by atoms with E-state index >= 15 is 0 Å².